The first kappa shape index (κ1) is 19.8. The van der Waals surface area contributed by atoms with Gasteiger partial charge in [-0.1, -0.05) is 18.2 Å². The molecule has 0 aliphatic heterocycles. The highest BCUT2D eigenvalue weighted by molar-refractivity contribution is 5.92. The van der Waals surface area contributed by atoms with Gasteiger partial charge in [0.25, 0.3) is 5.91 Å². The molecule has 6 nitrogen and oxygen atoms in total. The Balaban J connectivity index is 1.61. The van der Waals surface area contributed by atoms with E-state index in [1.807, 2.05) is 6.07 Å². The summed E-state index contributed by atoms with van der Waals surface area (Å²) in [5.74, 6) is -0.666. The van der Waals surface area contributed by atoms with Gasteiger partial charge in [0.1, 0.15) is 11.4 Å². The average molecular weight is 414 g/mol. The number of alkyl halides is 3. The number of hydrogen-bond acceptors (Lipinski definition) is 5. The molecule has 3 aromatic rings. The van der Waals surface area contributed by atoms with E-state index >= 15 is 0 Å². The van der Waals surface area contributed by atoms with Crippen molar-refractivity contribution in [1.82, 2.24) is 20.3 Å². The molecule has 1 amide bonds. The normalized spacial score (nSPS) is 15.9. The molecule has 9 heteroatoms. The number of rotatable bonds is 4. The van der Waals surface area contributed by atoms with Crippen LogP contribution in [0.3, 0.4) is 0 Å². The minimum absolute atomic E-state index is 0.206. The standard InChI is InChI=1S/C21H17F3N4O2/c22-21(23,24)30-15-5-1-4-14(11-15)16-8-7-13-3-2-6-17(19(13)27-16)28-20(29)18-12-25-9-10-26-18/h1,4-5,7-12,17H,2-3,6H2,(H,28,29). The van der Waals surface area contributed by atoms with Gasteiger partial charge in [0.15, 0.2) is 0 Å². The van der Waals surface area contributed by atoms with Crippen LogP contribution >= 0.6 is 0 Å². The Hall–Kier alpha value is -3.49. The average Bonchev–Trinajstić information content (AvgIpc) is 2.73. The van der Waals surface area contributed by atoms with Crippen LogP contribution < -0.4 is 10.1 Å². The number of carbonyl (C=O) groups excluding carboxylic acids is 1. The van der Waals surface area contributed by atoms with Gasteiger partial charge in [-0.05, 0) is 43.0 Å². The smallest absolute Gasteiger partial charge is 0.406 e. The van der Waals surface area contributed by atoms with Crippen LogP contribution in [-0.2, 0) is 6.42 Å². The summed E-state index contributed by atoms with van der Waals surface area (Å²) in [5.41, 5.74) is 2.90. The van der Waals surface area contributed by atoms with Crippen molar-refractivity contribution in [1.29, 1.82) is 0 Å². The summed E-state index contributed by atoms with van der Waals surface area (Å²) in [5, 5.41) is 2.94. The number of amides is 1. The predicted octanol–water partition coefficient (Wildman–Crippen LogP) is 4.24. The van der Waals surface area contributed by atoms with Crippen molar-refractivity contribution >= 4 is 5.91 Å². The van der Waals surface area contributed by atoms with E-state index in [2.05, 4.69) is 25.0 Å². The topological polar surface area (TPSA) is 77.0 Å². The van der Waals surface area contributed by atoms with E-state index in [-0.39, 0.29) is 23.4 Å². The number of ether oxygens (including phenoxy) is 1. The quantitative estimate of drug-likeness (QED) is 0.691. The molecular formula is C21H17F3N4O2. The molecule has 154 valence electrons. The fourth-order valence-corrected chi connectivity index (χ4v) is 3.45. The minimum Gasteiger partial charge on any atom is -0.406 e. The van der Waals surface area contributed by atoms with E-state index in [4.69, 9.17) is 0 Å². The highest BCUT2D eigenvalue weighted by Gasteiger charge is 2.31. The third kappa shape index (κ3) is 4.56. The van der Waals surface area contributed by atoms with Crippen molar-refractivity contribution in [2.45, 2.75) is 31.7 Å². The number of fused-ring (bicyclic) bond motifs is 1. The molecule has 0 saturated heterocycles. The fraction of sp³-hybridized carbons (Fsp3) is 0.238. The summed E-state index contributed by atoms with van der Waals surface area (Å²) in [6.45, 7) is 0. The Labute approximate surface area is 170 Å². The molecule has 0 radical (unpaired) electrons. The second-order valence-electron chi connectivity index (χ2n) is 6.83. The number of aromatic nitrogens is 3. The molecule has 1 N–H and O–H groups in total. The summed E-state index contributed by atoms with van der Waals surface area (Å²) in [4.78, 5) is 25.1. The Morgan fingerprint density at radius 3 is 2.80 bits per heavy atom. The van der Waals surface area contributed by atoms with Crippen LogP contribution in [0, 0.1) is 0 Å². The van der Waals surface area contributed by atoms with Gasteiger partial charge in [-0.2, -0.15) is 0 Å². The highest BCUT2D eigenvalue weighted by atomic mass is 19.4. The van der Waals surface area contributed by atoms with E-state index in [0.29, 0.717) is 23.4 Å². The SMILES string of the molecule is O=C(NC1CCCc2ccc(-c3cccc(OC(F)(F)F)c3)nc21)c1cnccn1. The summed E-state index contributed by atoms with van der Waals surface area (Å²) in [6.07, 6.45) is 1.94. The second-order valence-corrected chi connectivity index (χ2v) is 6.83. The molecular weight excluding hydrogens is 397 g/mol. The molecule has 1 aliphatic carbocycles. The Bertz CT molecular complexity index is 1060. The first-order valence-corrected chi connectivity index (χ1v) is 9.32. The first-order chi connectivity index (χ1) is 14.4. The summed E-state index contributed by atoms with van der Waals surface area (Å²) < 4.78 is 41.6. The van der Waals surface area contributed by atoms with Crippen LogP contribution in [0.15, 0.2) is 55.0 Å². The number of nitrogens with one attached hydrogen (secondary N) is 1. The number of carbonyl (C=O) groups is 1. The van der Waals surface area contributed by atoms with Crippen LogP contribution in [0.5, 0.6) is 5.75 Å². The van der Waals surface area contributed by atoms with Gasteiger partial charge in [0, 0.05) is 18.0 Å². The summed E-state index contributed by atoms with van der Waals surface area (Å²) in [6, 6.07) is 9.00. The van der Waals surface area contributed by atoms with Gasteiger partial charge < -0.3 is 10.1 Å². The molecule has 0 bridgehead atoms. The Kier molecular flexibility index (Phi) is 5.35. The third-order valence-electron chi connectivity index (χ3n) is 4.75. The lowest BCUT2D eigenvalue weighted by molar-refractivity contribution is -0.274. The largest absolute Gasteiger partial charge is 0.573 e. The van der Waals surface area contributed by atoms with Crippen LogP contribution in [-0.4, -0.2) is 27.2 Å². The number of aryl methyl sites for hydroxylation is 1. The van der Waals surface area contributed by atoms with Gasteiger partial charge in [-0.3, -0.25) is 14.8 Å². The summed E-state index contributed by atoms with van der Waals surface area (Å²) in [7, 11) is 0. The monoisotopic (exact) mass is 414 g/mol. The number of hydrogen-bond donors (Lipinski definition) is 1. The van der Waals surface area contributed by atoms with Gasteiger partial charge in [-0.25, -0.2) is 4.98 Å². The van der Waals surface area contributed by atoms with Crippen molar-refractivity contribution in [3.05, 3.63) is 71.9 Å². The molecule has 0 saturated carbocycles. The zero-order valence-electron chi connectivity index (χ0n) is 15.7. The van der Waals surface area contributed by atoms with Crippen LogP contribution in [0.4, 0.5) is 13.2 Å². The van der Waals surface area contributed by atoms with Gasteiger partial charge in [0.2, 0.25) is 0 Å². The highest BCUT2D eigenvalue weighted by Crippen LogP contribution is 2.32. The zero-order chi connectivity index (χ0) is 21.1. The van der Waals surface area contributed by atoms with Crippen LogP contribution in [0.1, 0.15) is 40.6 Å². The lowest BCUT2D eigenvalue weighted by atomic mass is 9.91. The molecule has 1 atom stereocenters. The van der Waals surface area contributed by atoms with Crippen molar-refractivity contribution in [3.8, 4) is 17.0 Å². The van der Waals surface area contributed by atoms with E-state index in [0.717, 1.165) is 18.4 Å². The van der Waals surface area contributed by atoms with Crippen molar-refractivity contribution < 1.29 is 22.7 Å². The molecule has 2 aromatic heterocycles. The first-order valence-electron chi connectivity index (χ1n) is 9.32. The number of benzene rings is 1. The maximum absolute atomic E-state index is 12.5. The number of nitrogens with zero attached hydrogens (tertiary/aromatic N) is 3. The molecule has 0 fully saturated rings. The maximum atomic E-state index is 12.5. The molecule has 0 spiro atoms. The summed E-state index contributed by atoms with van der Waals surface area (Å²) >= 11 is 0. The van der Waals surface area contributed by atoms with Gasteiger partial charge >= 0.3 is 6.36 Å². The molecule has 2 heterocycles. The maximum Gasteiger partial charge on any atom is 0.573 e. The number of pyridine rings is 1. The van der Waals surface area contributed by atoms with E-state index in [1.54, 1.807) is 12.1 Å². The van der Waals surface area contributed by atoms with E-state index < -0.39 is 6.36 Å². The molecule has 30 heavy (non-hydrogen) atoms. The molecule has 1 aliphatic rings. The van der Waals surface area contributed by atoms with Crippen molar-refractivity contribution in [2.24, 2.45) is 0 Å². The third-order valence-corrected chi connectivity index (χ3v) is 4.75. The van der Waals surface area contributed by atoms with Crippen LogP contribution in [0.25, 0.3) is 11.3 Å². The van der Waals surface area contributed by atoms with E-state index in [1.165, 1.54) is 36.8 Å². The van der Waals surface area contributed by atoms with Crippen LogP contribution in [0.2, 0.25) is 0 Å². The second kappa shape index (κ2) is 8.10. The molecule has 4 rings (SSSR count). The molecule has 1 aromatic carbocycles. The lowest BCUT2D eigenvalue weighted by Gasteiger charge is -2.26. The zero-order valence-corrected chi connectivity index (χ0v) is 15.7. The Morgan fingerprint density at radius 1 is 1.17 bits per heavy atom. The van der Waals surface area contributed by atoms with Gasteiger partial charge in [-0.15, -0.1) is 13.2 Å². The van der Waals surface area contributed by atoms with E-state index in [9.17, 15) is 18.0 Å². The molecule has 1 unspecified atom stereocenters. The number of halogens is 3. The van der Waals surface area contributed by atoms with Gasteiger partial charge in [0.05, 0.1) is 23.6 Å². The lowest BCUT2D eigenvalue weighted by Crippen LogP contribution is -2.32. The van der Waals surface area contributed by atoms with Crippen molar-refractivity contribution in [3.63, 3.8) is 0 Å². The predicted molar refractivity (Wildman–Crippen MR) is 102 cm³/mol. The van der Waals surface area contributed by atoms with Crippen molar-refractivity contribution in [2.75, 3.05) is 0 Å². The minimum atomic E-state index is -4.77. The Morgan fingerprint density at radius 2 is 2.03 bits per heavy atom. The fourth-order valence-electron chi connectivity index (χ4n) is 3.45.